The van der Waals surface area contributed by atoms with Gasteiger partial charge in [-0.15, -0.1) is 0 Å². The van der Waals surface area contributed by atoms with Gasteiger partial charge in [-0.05, 0) is 30.3 Å². The number of nitrogens with zero attached hydrogens (tertiary/aromatic N) is 1. The number of rotatable bonds is 2. The lowest BCUT2D eigenvalue weighted by Crippen LogP contribution is -2.32. The fourth-order valence-corrected chi connectivity index (χ4v) is 2.20. The number of imide groups is 1. The molecule has 0 aliphatic heterocycles. The van der Waals surface area contributed by atoms with Gasteiger partial charge in [-0.1, -0.05) is 24.3 Å². The van der Waals surface area contributed by atoms with E-state index in [0.717, 1.165) is 0 Å². The first-order valence-corrected chi connectivity index (χ1v) is 7.18. The van der Waals surface area contributed by atoms with E-state index in [-0.39, 0.29) is 11.1 Å². The number of nitrogens with one attached hydrogen (secondary N) is 1. The Morgan fingerprint density at radius 3 is 2.62 bits per heavy atom. The normalized spacial score (nSPS) is 11.5. The number of halogens is 1. The Morgan fingerprint density at radius 2 is 1.88 bits per heavy atom. The molecular formula is C18H13FN2O3. The van der Waals surface area contributed by atoms with Crippen LogP contribution >= 0.6 is 0 Å². The van der Waals surface area contributed by atoms with Crippen molar-refractivity contribution < 1.29 is 18.4 Å². The van der Waals surface area contributed by atoms with Crippen LogP contribution in [0.5, 0.6) is 0 Å². The SMILES string of the molecule is CC(=O)NC(=O)c1cc2ccccc2oc1=Nc1cccc(F)c1. The molecule has 6 heteroatoms. The van der Waals surface area contributed by atoms with E-state index in [0.29, 0.717) is 16.7 Å². The summed E-state index contributed by atoms with van der Waals surface area (Å²) in [7, 11) is 0. The van der Waals surface area contributed by atoms with Crippen LogP contribution < -0.4 is 10.9 Å². The maximum atomic E-state index is 13.3. The molecule has 2 amide bonds. The minimum absolute atomic E-state index is 0.00181. The second-order valence-corrected chi connectivity index (χ2v) is 5.11. The molecule has 0 saturated carbocycles. The summed E-state index contributed by atoms with van der Waals surface area (Å²) in [5.74, 6) is -1.58. The van der Waals surface area contributed by atoms with Crippen LogP contribution in [0.15, 0.2) is 64.0 Å². The fraction of sp³-hybridized carbons (Fsp3) is 0.0556. The lowest BCUT2D eigenvalue weighted by atomic mass is 10.1. The van der Waals surface area contributed by atoms with Crippen LogP contribution in [0.3, 0.4) is 0 Å². The van der Waals surface area contributed by atoms with E-state index < -0.39 is 17.6 Å². The summed E-state index contributed by atoms with van der Waals surface area (Å²) < 4.78 is 19.0. The molecule has 120 valence electrons. The van der Waals surface area contributed by atoms with E-state index in [9.17, 15) is 14.0 Å². The Balaban J connectivity index is 2.23. The molecule has 0 aliphatic carbocycles. The van der Waals surface area contributed by atoms with Gasteiger partial charge in [-0.2, -0.15) is 0 Å². The summed E-state index contributed by atoms with van der Waals surface area (Å²) in [6.45, 7) is 1.24. The van der Waals surface area contributed by atoms with E-state index in [1.807, 2.05) is 0 Å². The highest BCUT2D eigenvalue weighted by atomic mass is 19.1. The maximum absolute atomic E-state index is 13.3. The van der Waals surface area contributed by atoms with Gasteiger partial charge in [0.2, 0.25) is 11.5 Å². The van der Waals surface area contributed by atoms with Crippen LogP contribution in [0.2, 0.25) is 0 Å². The average Bonchev–Trinajstić information content (AvgIpc) is 2.53. The smallest absolute Gasteiger partial charge is 0.263 e. The third-order valence-electron chi connectivity index (χ3n) is 3.23. The van der Waals surface area contributed by atoms with Gasteiger partial charge in [0.05, 0.1) is 5.69 Å². The molecule has 1 N–H and O–H groups in total. The van der Waals surface area contributed by atoms with E-state index in [4.69, 9.17) is 4.42 Å². The van der Waals surface area contributed by atoms with Crippen LogP contribution in [-0.4, -0.2) is 11.8 Å². The highest BCUT2D eigenvalue weighted by Gasteiger charge is 2.13. The van der Waals surface area contributed by atoms with Gasteiger partial charge in [-0.3, -0.25) is 14.9 Å². The van der Waals surface area contributed by atoms with E-state index in [1.165, 1.54) is 25.1 Å². The number of carbonyl (C=O) groups is 2. The van der Waals surface area contributed by atoms with E-state index in [2.05, 4.69) is 10.3 Å². The Bertz CT molecular complexity index is 1010. The molecule has 0 bridgehead atoms. The number of amides is 2. The number of hydrogen-bond donors (Lipinski definition) is 1. The number of carbonyl (C=O) groups excluding carboxylic acids is 2. The lowest BCUT2D eigenvalue weighted by Gasteiger charge is -2.04. The average molecular weight is 324 g/mol. The van der Waals surface area contributed by atoms with Crippen molar-refractivity contribution in [2.24, 2.45) is 4.99 Å². The third kappa shape index (κ3) is 3.38. The first-order valence-electron chi connectivity index (χ1n) is 7.18. The molecule has 1 heterocycles. The van der Waals surface area contributed by atoms with Crippen molar-refractivity contribution in [2.75, 3.05) is 0 Å². The molecule has 24 heavy (non-hydrogen) atoms. The lowest BCUT2D eigenvalue weighted by molar-refractivity contribution is -0.118. The molecule has 0 radical (unpaired) electrons. The Labute approximate surface area is 136 Å². The zero-order chi connectivity index (χ0) is 17.1. The largest absolute Gasteiger partial charge is 0.438 e. The molecule has 0 aliphatic rings. The molecule has 1 aromatic heterocycles. The first kappa shape index (κ1) is 15.6. The third-order valence-corrected chi connectivity index (χ3v) is 3.23. The van der Waals surface area contributed by atoms with Gasteiger partial charge in [0.25, 0.3) is 5.91 Å². The minimum Gasteiger partial charge on any atom is -0.438 e. The van der Waals surface area contributed by atoms with Gasteiger partial charge < -0.3 is 4.42 Å². The Hall–Kier alpha value is -3.28. The van der Waals surface area contributed by atoms with Crippen LogP contribution in [0.4, 0.5) is 10.1 Å². The summed E-state index contributed by atoms with van der Waals surface area (Å²) in [5.41, 5.74) is 0.907. The predicted molar refractivity (Wildman–Crippen MR) is 86.0 cm³/mol. The van der Waals surface area contributed by atoms with Crippen molar-refractivity contribution in [1.82, 2.24) is 5.32 Å². The highest BCUT2D eigenvalue weighted by molar-refractivity contribution is 6.05. The maximum Gasteiger partial charge on any atom is 0.263 e. The van der Waals surface area contributed by atoms with Crippen LogP contribution in [0.25, 0.3) is 11.0 Å². The molecule has 3 aromatic rings. The monoisotopic (exact) mass is 324 g/mol. The summed E-state index contributed by atoms with van der Waals surface area (Å²) in [6, 6.07) is 14.3. The van der Waals surface area contributed by atoms with Crippen LogP contribution in [0, 0.1) is 5.82 Å². The zero-order valence-corrected chi connectivity index (χ0v) is 12.7. The standard InChI is InChI=1S/C18H13FN2O3/c1-11(22)20-17(23)15-9-12-5-2-3-8-16(12)24-18(15)21-14-7-4-6-13(19)10-14/h2-10H,1H3,(H,20,22,23). The number of para-hydroxylation sites is 1. The summed E-state index contributed by atoms with van der Waals surface area (Å²) in [5, 5.41) is 2.87. The van der Waals surface area contributed by atoms with Crippen molar-refractivity contribution >= 4 is 28.5 Å². The van der Waals surface area contributed by atoms with Crippen molar-refractivity contribution in [1.29, 1.82) is 0 Å². The van der Waals surface area contributed by atoms with Crippen molar-refractivity contribution in [3.05, 3.63) is 71.5 Å². The van der Waals surface area contributed by atoms with Gasteiger partial charge in [0.15, 0.2) is 0 Å². The highest BCUT2D eigenvalue weighted by Crippen LogP contribution is 2.15. The molecule has 0 saturated heterocycles. The minimum atomic E-state index is -0.632. The quantitative estimate of drug-likeness (QED) is 0.787. The molecule has 3 rings (SSSR count). The second kappa shape index (κ2) is 6.45. The van der Waals surface area contributed by atoms with Crippen molar-refractivity contribution in [2.45, 2.75) is 6.92 Å². The fourth-order valence-electron chi connectivity index (χ4n) is 2.20. The molecule has 2 aromatic carbocycles. The topological polar surface area (TPSA) is 71.7 Å². The van der Waals surface area contributed by atoms with E-state index >= 15 is 0 Å². The number of fused-ring (bicyclic) bond motifs is 1. The number of hydrogen-bond acceptors (Lipinski definition) is 4. The molecular weight excluding hydrogens is 311 g/mol. The molecule has 0 spiro atoms. The van der Waals surface area contributed by atoms with Crippen molar-refractivity contribution in [3.63, 3.8) is 0 Å². The Morgan fingerprint density at radius 1 is 1.08 bits per heavy atom. The molecule has 5 nitrogen and oxygen atoms in total. The first-order chi connectivity index (χ1) is 11.5. The second-order valence-electron chi connectivity index (χ2n) is 5.11. The van der Waals surface area contributed by atoms with Crippen LogP contribution in [0.1, 0.15) is 17.3 Å². The predicted octanol–water partition coefficient (Wildman–Crippen LogP) is 3.08. The molecule has 0 unspecified atom stereocenters. The van der Waals surface area contributed by atoms with Crippen molar-refractivity contribution in [3.8, 4) is 0 Å². The van der Waals surface area contributed by atoms with Crippen LogP contribution in [-0.2, 0) is 4.79 Å². The summed E-state index contributed by atoms with van der Waals surface area (Å²) in [6.07, 6.45) is 0. The van der Waals surface area contributed by atoms with Gasteiger partial charge in [0, 0.05) is 12.3 Å². The summed E-state index contributed by atoms with van der Waals surface area (Å²) >= 11 is 0. The van der Waals surface area contributed by atoms with E-state index in [1.54, 1.807) is 36.4 Å². The van der Waals surface area contributed by atoms with Gasteiger partial charge >= 0.3 is 0 Å². The molecule has 0 atom stereocenters. The number of benzene rings is 2. The van der Waals surface area contributed by atoms with Gasteiger partial charge in [-0.25, -0.2) is 9.38 Å². The Kier molecular flexibility index (Phi) is 4.20. The zero-order valence-electron chi connectivity index (χ0n) is 12.7. The molecule has 0 fully saturated rings. The summed E-state index contributed by atoms with van der Waals surface area (Å²) in [4.78, 5) is 27.6. The van der Waals surface area contributed by atoms with Gasteiger partial charge in [0.1, 0.15) is 17.0 Å².